The molecule has 1 aliphatic heterocycles. The van der Waals surface area contributed by atoms with Gasteiger partial charge in [0.15, 0.2) is 5.82 Å². The van der Waals surface area contributed by atoms with Crippen molar-refractivity contribution < 1.29 is 9.53 Å². The number of H-pyrrole nitrogens is 1. The summed E-state index contributed by atoms with van der Waals surface area (Å²) in [6, 6.07) is 10.3. The summed E-state index contributed by atoms with van der Waals surface area (Å²) >= 11 is 4.39. The molecule has 0 saturated carbocycles. The lowest BCUT2D eigenvalue weighted by atomic mass is 10.1. The van der Waals surface area contributed by atoms with Crippen LogP contribution in [-0.4, -0.2) is 66.2 Å². The topological polar surface area (TPSA) is 74.3 Å². The van der Waals surface area contributed by atoms with E-state index in [9.17, 15) is 4.79 Å². The molecule has 1 saturated heterocycles. The van der Waals surface area contributed by atoms with Gasteiger partial charge in [0.1, 0.15) is 5.82 Å². The monoisotopic (exact) mass is 413 g/mol. The zero-order valence-corrected chi connectivity index (χ0v) is 17.9. The average molecular weight is 414 g/mol. The van der Waals surface area contributed by atoms with E-state index in [0.717, 1.165) is 60.1 Å². The van der Waals surface area contributed by atoms with Gasteiger partial charge in [0, 0.05) is 68.6 Å². The number of amides is 1. The van der Waals surface area contributed by atoms with Crippen molar-refractivity contribution in [2.75, 3.05) is 45.3 Å². The summed E-state index contributed by atoms with van der Waals surface area (Å²) in [6.45, 7) is 4.73. The summed E-state index contributed by atoms with van der Waals surface area (Å²) in [7, 11) is 3.45. The van der Waals surface area contributed by atoms with Crippen molar-refractivity contribution >= 4 is 35.3 Å². The lowest BCUT2D eigenvalue weighted by Gasteiger charge is -2.28. The van der Waals surface area contributed by atoms with Crippen molar-refractivity contribution in [1.82, 2.24) is 19.9 Å². The number of hydrogen-bond acceptors (Lipinski definition) is 6. The Bertz CT molecular complexity index is 967. The van der Waals surface area contributed by atoms with Crippen molar-refractivity contribution in [1.29, 1.82) is 0 Å². The second-order valence-corrected chi connectivity index (χ2v) is 7.31. The lowest BCUT2D eigenvalue weighted by Crippen LogP contribution is -2.37. The molecule has 0 aliphatic carbocycles. The standard InChI is InChI=1S/C17H18N4OS.C4H9NO/c23-11-14-10-16(21-5-7-22-8-6-21)20-17(19-14)13-1-2-15-12(9-13)3-4-18-15;1-4(6)5(2)3/h1-4,9-10,18,23H,5-8,11H2;1-3H3. The number of nitrogens with one attached hydrogen (secondary N) is 1. The maximum absolute atomic E-state index is 10.1. The third kappa shape index (κ3) is 5.48. The van der Waals surface area contributed by atoms with Crippen molar-refractivity contribution in [3.63, 3.8) is 0 Å². The molecule has 29 heavy (non-hydrogen) atoms. The lowest BCUT2D eigenvalue weighted by molar-refractivity contribution is -0.126. The van der Waals surface area contributed by atoms with Crippen LogP contribution >= 0.6 is 12.6 Å². The minimum atomic E-state index is 0.0926. The van der Waals surface area contributed by atoms with Crippen LogP contribution < -0.4 is 4.90 Å². The molecule has 154 valence electrons. The number of aromatic nitrogens is 3. The maximum atomic E-state index is 10.1. The van der Waals surface area contributed by atoms with Gasteiger partial charge in [-0.25, -0.2) is 9.97 Å². The van der Waals surface area contributed by atoms with E-state index in [1.807, 2.05) is 12.3 Å². The van der Waals surface area contributed by atoms with Crippen molar-refractivity contribution in [2.24, 2.45) is 0 Å². The minimum Gasteiger partial charge on any atom is -0.378 e. The van der Waals surface area contributed by atoms with Gasteiger partial charge in [-0.15, -0.1) is 0 Å². The number of carbonyl (C=O) groups is 1. The molecule has 3 aromatic rings. The number of nitrogens with zero attached hydrogens (tertiary/aromatic N) is 4. The fraction of sp³-hybridized carbons (Fsp3) is 0.381. The Kier molecular flexibility index (Phi) is 7.11. The molecule has 3 heterocycles. The highest BCUT2D eigenvalue weighted by atomic mass is 32.1. The highest BCUT2D eigenvalue weighted by Gasteiger charge is 2.15. The van der Waals surface area contributed by atoms with Gasteiger partial charge >= 0.3 is 0 Å². The quantitative estimate of drug-likeness (QED) is 0.646. The third-order valence-electron chi connectivity index (χ3n) is 4.70. The molecule has 1 aromatic carbocycles. The second kappa shape index (κ2) is 9.76. The zero-order valence-electron chi connectivity index (χ0n) is 17.1. The first-order chi connectivity index (χ1) is 14.0. The minimum absolute atomic E-state index is 0.0926. The first kappa shape index (κ1) is 21.1. The van der Waals surface area contributed by atoms with E-state index in [1.165, 1.54) is 11.8 Å². The molecule has 1 amide bonds. The number of ether oxygens (including phenoxy) is 1. The van der Waals surface area contributed by atoms with Gasteiger partial charge in [-0.05, 0) is 24.3 Å². The Labute approximate surface area is 176 Å². The van der Waals surface area contributed by atoms with Crippen molar-refractivity contribution in [3.8, 4) is 11.4 Å². The molecule has 1 N–H and O–H groups in total. The van der Waals surface area contributed by atoms with E-state index in [-0.39, 0.29) is 5.91 Å². The molecule has 2 aromatic heterocycles. The largest absolute Gasteiger partial charge is 0.378 e. The molecule has 0 spiro atoms. The smallest absolute Gasteiger partial charge is 0.218 e. The van der Waals surface area contributed by atoms with Crippen LogP contribution in [0, 0.1) is 0 Å². The van der Waals surface area contributed by atoms with E-state index in [0.29, 0.717) is 5.75 Å². The fourth-order valence-corrected chi connectivity index (χ4v) is 3.00. The summed E-state index contributed by atoms with van der Waals surface area (Å²) in [5, 5.41) is 1.16. The number of hydrogen-bond donors (Lipinski definition) is 2. The van der Waals surface area contributed by atoms with Crippen molar-refractivity contribution in [2.45, 2.75) is 12.7 Å². The highest BCUT2D eigenvalue weighted by Crippen LogP contribution is 2.24. The van der Waals surface area contributed by atoms with Gasteiger partial charge in [0.25, 0.3) is 0 Å². The van der Waals surface area contributed by atoms with Crippen LogP contribution in [0.3, 0.4) is 0 Å². The van der Waals surface area contributed by atoms with Crippen LogP contribution in [0.4, 0.5) is 5.82 Å². The summed E-state index contributed by atoms with van der Waals surface area (Å²) < 4.78 is 5.43. The first-order valence-electron chi connectivity index (χ1n) is 9.55. The summed E-state index contributed by atoms with van der Waals surface area (Å²) in [4.78, 5) is 26.5. The van der Waals surface area contributed by atoms with Crippen LogP contribution in [0.2, 0.25) is 0 Å². The number of aromatic amines is 1. The highest BCUT2D eigenvalue weighted by molar-refractivity contribution is 7.79. The van der Waals surface area contributed by atoms with Gasteiger partial charge in [-0.2, -0.15) is 12.6 Å². The number of thiol groups is 1. The first-order valence-corrected chi connectivity index (χ1v) is 10.2. The Morgan fingerprint density at radius 1 is 1.21 bits per heavy atom. The number of morpholine rings is 1. The summed E-state index contributed by atoms with van der Waals surface area (Å²) in [5.41, 5.74) is 3.08. The fourth-order valence-electron chi connectivity index (χ4n) is 2.84. The number of benzene rings is 1. The number of fused-ring (bicyclic) bond motifs is 1. The van der Waals surface area contributed by atoms with E-state index >= 15 is 0 Å². The number of carbonyl (C=O) groups excluding carboxylic acids is 1. The molecular weight excluding hydrogens is 386 g/mol. The number of rotatable bonds is 3. The number of anilines is 1. The van der Waals surface area contributed by atoms with Crippen LogP contribution in [0.15, 0.2) is 36.5 Å². The summed E-state index contributed by atoms with van der Waals surface area (Å²) in [5.74, 6) is 2.40. The Morgan fingerprint density at radius 2 is 1.93 bits per heavy atom. The van der Waals surface area contributed by atoms with E-state index in [1.54, 1.807) is 14.1 Å². The van der Waals surface area contributed by atoms with Crippen LogP contribution in [0.5, 0.6) is 0 Å². The van der Waals surface area contributed by atoms with Crippen LogP contribution in [-0.2, 0) is 15.3 Å². The molecule has 1 fully saturated rings. The Hall–Kier alpha value is -2.58. The van der Waals surface area contributed by atoms with Gasteiger partial charge in [0.05, 0.1) is 18.9 Å². The zero-order chi connectivity index (χ0) is 20.8. The predicted molar refractivity (Wildman–Crippen MR) is 119 cm³/mol. The van der Waals surface area contributed by atoms with Gasteiger partial charge in [-0.3, -0.25) is 4.79 Å². The SMILES string of the molecule is CC(=O)N(C)C.SCc1cc(N2CCOCC2)nc(-c2ccc3[nH]ccc3c2)n1. The molecule has 4 rings (SSSR count). The van der Waals surface area contributed by atoms with Gasteiger partial charge in [0.2, 0.25) is 5.91 Å². The van der Waals surface area contributed by atoms with E-state index in [2.05, 4.69) is 51.8 Å². The van der Waals surface area contributed by atoms with Crippen LogP contribution in [0.1, 0.15) is 12.6 Å². The molecule has 1 aliphatic rings. The Balaban J connectivity index is 0.000000353. The molecule has 0 bridgehead atoms. The average Bonchev–Trinajstić information content (AvgIpc) is 3.22. The molecule has 0 radical (unpaired) electrons. The second-order valence-electron chi connectivity index (χ2n) is 6.99. The molecule has 0 unspecified atom stereocenters. The maximum Gasteiger partial charge on any atom is 0.218 e. The molecule has 0 atom stereocenters. The predicted octanol–water partition coefficient (Wildman–Crippen LogP) is 2.99. The normalized spacial score (nSPS) is 13.7. The summed E-state index contributed by atoms with van der Waals surface area (Å²) in [6.07, 6.45) is 1.94. The molecule has 7 nitrogen and oxygen atoms in total. The van der Waals surface area contributed by atoms with E-state index < -0.39 is 0 Å². The van der Waals surface area contributed by atoms with Crippen LogP contribution in [0.25, 0.3) is 22.3 Å². The van der Waals surface area contributed by atoms with E-state index in [4.69, 9.17) is 9.72 Å². The van der Waals surface area contributed by atoms with Crippen molar-refractivity contribution in [3.05, 3.63) is 42.2 Å². The van der Waals surface area contributed by atoms with Gasteiger partial charge < -0.3 is 19.5 Å². The van der Waals surface area contributed by atoms with Gasteiger partial charge in [-0.1, -0.05) is 0 Å². The molecule has 8 heteroatoms. The molecular formula is C21H27N5O2S. The Morgan fingerprint density at radius 3 is 2.59 bits per heavy atom. The third-order valence-corrected chi connectivity index (χ3v) is 5.03.